The van der Waals surface area contributed by atoms with Crippen molar-refractivity contribution in [3.05, 3.63) is 29.3 Å². The van der Waals surface area contributed by atoms with Crippen molar-refractivity contribution in [3.63, 3.8) is 0 Å². The van der Waals surface area contributed by atoms with Crippen molar-refractivity contribution in [2.75, 3.05) is 11.9 Å². The maximum Gasteiger partial charge on any atom is 0.417 e. The quantitative estimate of drug-likeness (QED) is 0.629. The molecule has 0 aromatic heterocycles. The maximum atomic E-state index is 13.0. The fourth-order valence-corrected chi connectivity index (χ4v) is 2.62. The van der Waals surface area contributed by atoms with E-state index in [2.05, 4.69) is 15.5 Å². The first kappa shape index (κ1) is 19.8. The second kappa shape index (κ2) is 7.37. The molecule has 1 aromatic rings. The molecule has 1 heterocycles. The Morgan fingerprint density at radius 2 is 2.23 bits per heavy atom. The minimum Gasteiger partial charge on any atom is -0.464 e. The van der Waals surface area contributed by atoms with Crippen LogP contribution in [0.5, 0.6) is 0 Å². The largest absolute Gasteiger partial charge is 0.464 e. The highest BCUT2D eigenvalue weighted by atomic mass is 32.1. The first-order valence-corrected chi connectivity index (χ1v) is 8.03. The minimum absolute atomic E-state index is 0.0670. The molecule has 1 aromatic carbocycles. The van der Waals surface area contributed by atoms with Gasteiger partial charge in [0, 0.05) is 12.1 Å². The number of nitriles is 1. The zero-order chi connectivity index (χ0) is 19.5. The van der Waals surface area contributed by atoms with Crippen molar-refractivity contribution in [1.29, 1.82) is 5.26 Å². The van der Waals surface area contributed by atoms with E-state index >= 15 is 0 Å². The van der Waals surface area contributed by atoms with E-state index in [9.17, 15) is 18.0 Å². The number of thiocarbonyl (C=S) groups is 1. The lowest BCUT2D eigenvalue weighted by molar-refractivity contribution is -0.144. The topological polar surface area (TPSA) is 86.8 Å². The van der Waals surface area contributed by atoms with Gasteiger partial charge in [0.25, 0.3) is 0 Å². The Bertz CT molecular complexity index is 804. The molecule has 0 amide bonds. The Kier molecular flexibility index (Phi) is 5.61. The molecule has 0 radical (unpaired) electrons. The first-order valence-electron chi connectivity index (χ1n) is 7.62. The molecule has 0 saturated heterocycles. The molecular formula is C16H15F3N4O2S. The summed E-state index contributed by atoms with van der Waals surface area (Å²) in [6, 6.07) is 3.90. The Morgan fingerprint density at radius 1 is 1.54 bits per heavy atom. The molecule has 1 aliphatic rings. The Balaban J connectivity index is 2.17. The van der Waals surface area contributed by atoms with Crippen LogP contribution >= 0.6 is 12.2 Å². The summed E-state index contributed by atoms with van der Waals surface area (Å²) in [7, 11) is 0. The van der Waals surface area contributed by atoms with Gasteiger partial charge in [-0.05, 0) is 32.0 Å². The molecule has 1 aliphatic heterocycles. The minimum atomic E-state index is -4.67. The molecule has 2 atom stereocenters. The van der Waals surface area contributed by atoms with E-state index in [1.807, 2.05) is 0 Å². The number of azo groups is 1. The molecule has 10 heteroatoms. The van der Waals surface area contributed by atoms with E-state index in [1.54, 1.807) is 13.8 Å². The van der Waals surface area contributed by atoms with Crippen LogP contribution in [0.1, 0.15) is 31.4 Å². The Hall–Kier alpha value is -2.54. The molecule has 0 saturated carbocycles. The molecule has 1 N–H and O–H groups in total. The van der Waals surface area contributed by atoms with Gasteiger partial charge in [0.2, 0.25) is 0 Å². The van der Waals surface area contributed by atoms with E-state index in [0.717, 1.165) is 12.1 Å². The van der Waals surface area contributed by atoms with Crippen molar-refractivity contribution >= 4 is 28.9 Å². The van der Waals surface area contributed by atoms with Gasteiger partial charge >= 0.3 is 12.1 Å². The number of benzene rings is 1. The second-order valence-electron chi connectivity index (χ2n) is 5.79. The van der Waals surface area contributed by atoms with Gasteiger partial charge in [-0.3, -0.25) is 0 Å². The highest BCUT2D eigenvalue weighted by molar-refractivity contribution is 7.80. The van der Waals surface area contributed by atoms with Crippen molar-refractivity contribution in [2.24, 2.45) is 10.2 Å². The van der Waals surface area contributed by atoms with Gasteiger partial charge in [-0.15, -0.1) is 0 Å². The monoisotopic (exact) mass is 384 g/mol. The first-order chi connectivity index (χ1) is 12.1. The number of ether oxygens (including phenoxy) is 1. The molecule has 26 heavy (non-hydrogen) atoms. The molecule has 6 nitrogen and oxygen atoms in total. The third-order valence-corrected chi connectivity index (χ3v) is 4.30. The van der Waals surface area contributed by atoms with Crippen LogP contribution in [0.15, 0.2) is 28.4 Å². The van der Waals surface area contributed by atoms with Gasteiger partial charge in [0.15, 0.2) is 6.04 Å². The van der Waals surface area contributed by atoms with Crippen LogP contribution in [0.4, 0.5) is 18.9 Å². The summed E-state index contributed by atoms with van der Waals surface area (Å²) in [4.78, 5) is 11.9. The Labute approximate surface area is 153 Å². The summed E-state index contributed by atoms with van der Waals surface area (Å²) in [5.41, 5.74) is -2.52. The number of anilines is 1. The number of esters is 1. The zero-order valence-corrected chi connectivity index (χ0v) is 14.7. The van der Waals surface area contributed by atoms with E-state index in [1.165, 1.54) is 12.1 Å². The van der Waals surface area contributed by atoms with E-state index in [-0.39, 0.29) is 23.7 Å². The predicted octanol–water partition coefficient (Wildman–Crippen LogP) is 3.86. The van der Waals surface area contributed by atoms with Crippen molar-refractivity contribution in [2.45, 2.75) is 38.0 Å². The van der Waals surface area contributed by atoms with Crippen LogP contribution in [-0.2, 0) is 15.7 Å². The standard InChI is InChI=1S/C16H15F3N4O2S/c1-3-25-13(24)12-7-15(2,23-22-12)14(26)21-10-5-4-9(8-20)11(6-10)16(17,18)19/h4-6,12H,3,7H2,1-2H3,(H,21,26). The SMILES string of the molecule is CCOC(=O)C1CC(C)(C(=S)Nc2ccc(C#N)c(C(F)(F)F)c2)N=N1. The van der Waals surface area contributed by atoms with Crippen LogP contribution in [0.3, 0.4) is 0 Å². The highest BCUT2D eigenvalue weighted by Gasteiger charge is 2.41. The molecule has 138 valence electrons. The van der Waals surface area contributed by atoms with Crippen LogP contribution in [-0.4, -0.2) is 29.1 Å². The number of nitrogens with zero attached hydrogens (tertiary/aromatic N) is 3. The van der Waals surface area contributed by atoms with Gasteiger partial charge in [-0.2, -0.15) is 28.7 Å². The van der Waals surface area contributed by atoms with Crippen LogP contribution in [0, 0.1) is 11.3 Å². The number of rotatable bonds is 4. The molecule has 0 spiro atoms. The van der Waals surface area contributed by atoms with Gasteiger partial charge < -0.3 is 10.1 Å². The maximum absolute atomic E-state index is 13.0. The van der Waals surface area contributed by atoms with Crippen molar-refractivity contribution in [3.8, 4) is 6.07 Å². The van der Waals surface area contributed by atoms with Gasteiger partial charge in [-0.1, -0.05) is 12.2 Å². The summed E-state index contributed by atoms with van der Waals surface area (Å²) in [6.45, 7) is 3.49. The van der Waals surface area contributed by atoms with Crippen LogP contribution in [0.25, 0.3) is 0 Å². The fraction of sp³-hybridized carbons (Fsp3) is 0.438. The number of alkyl halides is 3. The average molecular weight is 384 g/mol. The lowest BCUT2D eigenvalue weighted by atomic mass is 9.95. The third kappa shape index (κ3) is 4.16. The number of carbonyl (C=O) groups is 1. The van der Waals surface area contributed by atoms with E-state index in [4.69, 9.17) is 22.2 Å². The fourth-order valence-electron chi connectivity index (χ4n) is 2.38. The molecule has 0 aliphatic carbocycles. The normalized spacial score (nSPS) is 21.9. The zero-order valence-electron chi connectivity index (χ0n) is 13.9. The summed E-state index contributed by atoms with van der Waals surface area (Å²) in [5.74, 6) is -0.527. The summed E-state index contributed by atoms with van der Waals surface area (Å²) in [6.07, 6.45) is -4.52. The van der Waals surface area contributed by atoms with E-state index < -0.39 is 34.9 Å². The number of hydrogen-bond donors (Lipinski definition) is 1. The summed E-state index contributed by atoms with van der Waals surface area (Å²) < 4.78 is 44.0. The average Bonchev–Trinajstić information content (AvgIpc) is 2.98. The van der Waals surface area contributed by atoms with Crippen LogP contribution < -0.4 is 5.32 Å². The molecule has 2 unspecified atom stereocenters. The molecule has 0 fully saturated rings. The van der Waals surface area contributed by atoms with E-state index in [0.29, 0.717) is 0 Å². The molecule has 0 bridgehead atoms. The Morgan fingerprint density at radius 3 is 2.81 bits per heavy atom. The van der Waals surface area contributed by atoms with Crippen molar-refractivity contribution < 1.29 is 22.7 Å². The molecule has 2 rings (SSSR count). The van der Waals surface area contributed by atoms with Gasteiger partial charge in [0.1, 0.15) is 10.5 Å². The predicted molar refractivity (Wildman–Crippen MR) is 90.7 cm³/mol. The lowest BCUT2D eigenvalue weighted by Crippen LogP contribution is -2.38. The number of nitrogens with one attached hydrogen (secondary N) is 1. The third-order valence-electron chi connectivity index (χ3n) is 3.76. The number of carbonyl (C=O) groups excluding carboxylic acids is 1. The van der Waals surface area contributed by atoms with Gasteiger partial charge in [0.05, 0.1) is 23.8 Å². The lowest BCUT2D eigenvalue weighted by Gasteiger charge is -2.22. The summed E-state index contributed by atoms with van der Waals surface area (Å²) >= 11 is 5.25. The smallest absolute Gasteiger partial charge is 0.417 e. The molecular weight excluding hydrogens is 369 g/mol. The second-order valence-corrected chi connectivity index (χ2v) is 6.19. The number of halogens is 3. The number of hydrogen-bond acceptors (Lipinski definition) is 6. The van der Waals surface area contributed by atoms with Crippen molar-refractivity contribution in [1.82, 2.24) is 0 Å². The highest BCUT2D eigenvalue weighted by Crippen LogP contribution is 2.35. The van der Waals surface area contributed by atoms with Gasteiger partial charge in [-0.25, -0.2) is 4.79 Å². The van der Waals surface area contributed by atoms with Crippen LogP contribution in [0.2, 0.25) is 0 Å². The summed E-state index contributed by atoms with van der Waals surface area (Å²) in [5, 5.41) is 19.4.